The third-order valence-corrected chi connectivity index (χ3v) is 4.92. The molecular formula is C20H31IN6. The van der Waals surface area contributed by atoms with Gasteiger partial charge in [0.25, 0.3) is 0 Å². The molecular weight excluding hydrogens is 451 g/mol. The second-order valence-corrected chi connectivity index (χ2v) is 6.94. The Morgan fingerprint density at radius 2 is 2.15 bits per heavy atom. The van der Waals surface area contributed by atoms with Gasteiger partial charge in [0, 0.05) is 19.6 Å². The van der Waals surface area contributed by atoms with E-state index in [9.17, 15) is 0 Å². The van der Waals surface area contributed by atoms with Crippen LogP contribution in [0.5, 0.6) is 0 Å². The minimum atomic E-state index is 0. The maximum absolute atomic E-state index is 4.86. The van der Waals surface area contributed by atoms with Gasteiger partial charge in [0.15, 0.2) is 5.96 Å². The number of hydrogen-bond acceptors (Lipinski definition) is 3. The molecule has 3 rings (SSSR count). The Morgan fingerprint density at radius 1 is 1.37 bits per heavy atom. The molecule has 2 N–H and O–H groups in total. The smallest absolute Gasteiger partial charge is 0.194 e. The van der Waals surface area contributed by atoms with Crippen molar-refractivity contribution in [3.05, 3.63) is 42.4 Å². The lowest BCUT2D eigenvalue weighted by Gasteiger charge is -2.23. The lowest BCUT2D eigenvalue weighted by Crippen LogP contribution is -2.40. The molecule has 0 amide bonds. The summed E-state index contributed by atoms with van der Waals surface area (Å²) in [6, 6.07) is 10.8. The largest absolute Gasteiger partial charge is 0.357 e. The molecule has 2 heterocycles. The van der Waals surface area contributed by atoms with Crippen molar-refractivity contribution in [2.45, 2.75) is 32.4 Å². The molecule has 1 aliphatic heterocycles. The number of likely N-dealkylation sites (N-methyl/N-ethyl adjacent to an activating group) is 1. The van der Waals surface area contributed by atoms with Crippen molar-refractivity contribution >= 4 is 29.9 Å². The van der Waals surface area contributed by atoms with Gasteiger partial charge in [-0.1, -0.05) is 30.3 Å². The molecule has 2 aromatic rings. The molecule has 7 heteroatoms. The number of guanidine groups is 1. The Labute approximate surface area is 179 Å². The van der Waals surface area contributed by atoms with E-state index < -0.39 is 0 Å². The summed E-state index contributed by atoms with van der Waals surface area (Å²) in [5.74, 6) is 1.88. The van der Waals surface area contributed by atoms with Crippen molar-refractivity contribution < 1.29 is 0 Å². The first-order chi connectivity index (χ1) is 12.7. The van der Waals surface area contributed by atoms with Crippen LogP contribution in [0.2, 0.25) is 0 Å². The number of imidazole rings is 1. The molecule has 1 atom stereocenters. The Balaban J connectivity index is 0.00000261. The van der Waals surface area contributed by atoms with Gasteiger partial charge >= 0.3 is 0 Å². The number of nitrogens with one attached hydrogen (secondary N) is 2. The second kappa shape index (κ2) is 10.7. The van der Waals surface area contributed by atoms with Crippen LogP contribution in [0.15, 0.2) is 41.5 Å². The quantitative estimate of drug-likeness (QED) is 0.377. The number of halogens is 1. The number of rotatable bonds is 6. The lowest BCUT2D eigenvalue weighted by atomic mass is 10.2. The number of hydrogen-bond donors (Lipinski definition) is 2. The van der Waals surface area contributed by atoms with E-state index in [0.29, 0.717) is 12.6 Å². The van der Waals surface area contributed by atoms with Crippen LogP contribution >= 0.6 is 24.0 Å². The van der Waals surface area contributed by atoms with Crippen LogP contribution in [-0.4, -0.2) is 65.5 Å². The fraction of sp³-hybridized carbons (Fsp3) is 0.500. The summed E-state index contributed by atoms with van der Waals surface area (Å²) in [5, 5.41) is 3.40. The maximum atomic E-state index is 4.86. The predicted molar refractivity (Wildman–Crippen MR) is 123 cm³/mol. The number of aromatic amines is 1. The van der Waals surface area contributed by atoms with Gasteiger partial charge in [0.1, 0.15) is 5.82 Å². The van der Waals surface area contributed by atoms with Crippen molar-refractivity contribution in [2.24, 2.45) is 4.99 Å². The monoisotopic (exact) mass is 482 g/mol. The van der Waals surface area contributed by atoms with E-state index in [-0.39, 0.29) is 24.0 Å². The molecule has 1 fully saturated rings. The molecule has 6 nitrogen and oxygen atoms in total. The summed E-state index contributed by atoms with van der Waals surface area (Å²) < 4.78 is 0. The summed E-state index contributed by atoms with van der Waals surface area (Å²) in [5.41, 5.74) is 2.20. The molecule has 0 bridgehead atoms. The lowest BCUT2D eigenvalue weighted by molar-refractivity contribution is 0.316. The van der Waals surface area contributed by atoms with E-state index in [0.717, 1.165) is 36.1 Å². The van der Waals surface area contributed by atoms with Crippen LogP contribution in [0.3, 0.4) is 0 Å². The van der Waals surface area contributed by atoms with E-state index in [1.807, 2.05) is 24.4 Å². The highest BCUT2D eigenvalue weighted by molar-refractivity contribution is 14.0. The minimum Gasteiger partial charge on any atom is -0.357 e. The van der Waals surface area contributed by atoms with Gasteiger partial charge in [0.05, 0.1) is 25.0 Å². The molecule has 1 saturated heterocycles. The van der Waals surface area contributed by atoms with Crippen LogP contribution < -0.4 is 5.32 Å². The van der Waals surface area contributed by atoms with Crippen molar-refractivity contribution in [3.8, 4) is 11.3 Å². The van der Waals surface area contributed by atoms with E-state index in [4.69, 9.17) is 4.99 Å². The number of aliphatic imine (C=N–C) groups is 1. The average molecular weight is 482 g/mol. The van der Waals surface area contributed by atoms with Crippen LogP contribution in [0.25, 0.3) is 11.3 Å². The fourth-order valence-electron chi connectivity index (χ4n) is 3.38. The molecule has 148 valence electrons. The van der Waals surface area contributed by atoms with Crippen molar-refractivity contribution in [3.63, 3.8) is 0 Å². The first kappa shape index (κ1) is 21.7. The minimum absolute atomic E-state index is 0. The fourth-order valence-corrected chi connectivity index (χ4v) is 3.38. The van der Waals surface area contributed by atoms with Gasteiger partial charge in [-0.25, -0.2) is 4.98 Å². The Hall–Kier alpha value is -1.61. The third-order valence-electron chi connectivity index (χ3n) is 4.92. The van der Waals surface area contributed by atoms with Crippen LogP contribution in [0, 0.1) is 0 Å². The summed E-state index contributed by atoms with van der Waals surface area (Å²) in [4.78, 5) is 17.3. The van der Waals surface area contributed by atoms with Crippen molar-refractivity contribution in [2.75, 3.05) is 33.7 Å². The van der Waals surface area contributed by atoms with E-state index in [1.54, 1.807) is 0 Å². The summed E-state index contributed by atoms with van der Waals surface area (Å²) >= 11 is 0. The SMILES string of the molecule is CCNC(=NCC1CCCN1C)N(C)Cc1ncc(-c2ccccc2)[nH]1.I. The van der Waals surface area contributed by atoms with Crippen LogP contribution in [0.4, 0.5) is 0 Å². The average Bonchev–Trinajstić information content (AvgIpc) is 3.28. The number of H-pyrrole nitrogens is 1. The highest BCUT2D eigenvalue weighted by Gasteiger charge is 2.20. The summed E-state index contributed by atoms with van der Waals surface area (Å²) in [6.07, 6.45) is 4.41. The van der Waals surface area contributed by atoms with Crippen LogP contribution in [-0.2, 0) is 6.54 Å². The molecule has 1 aromatic carbocycles. The summed E-state index contributed by atoms with van der Waals surface area (Å²) in [7, 11) is 4.25. The Bertz CT molecular complexity index is 714. The van der Waals surface area contributed by atoms with Gasteiger partial charge in [-0.3, -0.25) is 4.99 Å². The van der Waals surface area contributed by atoms with Crippen molar-refractivity contribution in [1.29, 1.82) is 0 Å². The molecule has 1 aromatic heterocycles. The number of aromatic nitrogens is 2. The van der Waals surface area contributed by atoms with E-state index >= 15 is 0 Å². The Kier molecular flexibility index (Phi) is 8.56. The topological polar surface area (TPSA) is 59.6 Å². The van der Waals surface area contributed by atoms with Gasteiger partial charge in [0.2, 0.25) is 0 Å². The standard InChI is InChI=1S/C20H30N6.HI/c1-4-21-20(23-13-17-11-8-12-25(17)2)26(3)15-19-22-14-18(24-19)16-9-6-5-7-10-16;/h5-7,9-10,14,17H,4,8,11-13,15H2,1-3H3,(H,21,23)(H,22,24);1H. The highest BCUT2D eigenvalue weighted by atomic mass is 127. The highest BCUT2D eigenvalue weighted by Crippen LogP contribution is 2.17. The first-order valence-corrected chi connectivity index (χ1v) is 9.46. The molecule has 0 aliphatic carbocycles. The zero-order valence-electron chi connectivity index (χ0n) is 16.5. The molecule has 0 saturated carbocycles. The first-order valence-electron chi connectivity index (χ1n) is 9.46. The maximum Gasteiger partial charge on any atom is 0.194 e. The number of nitrogens with zero attached hydrogens (tertiary/aromatic N) is 4. The molecule has 0 spiro atoms. The second-order valence-electron chi connectivity index (χ2n) is 6.94. The van der Waals surface area contributed by atoms with Crippen molar-refractivity contribution in [1.82, 2.24) is 25.1 Å². The Morgan fingerprint density at radius 3 is 2.81 bits per heavy atom. The van der Waals surface area contributed by atoms with Crippen LogP contribution in [0.1, 0.15) is 25.6 Å². The molecule has 1 unspecified atom stereocenters. The van der Waals surface area contributed by atoms with Gasteiger partial charge in [-0.2, -0.15) is 0 Å². The van der Waals surface area contributed by atoms with Gasteiger partial charge < -0.3 is 20.1 Å². The number of benzene rings is 1. The zero-order chi connectivity index (χ0) is 18.4. The molecule has 1 aliphatic rings. The van der Waals surface area contributed by atoms with E-state index in [1.165, 1.54) is 19.4 Å². The summed E-state index contributed by atoms with van der Waals surface area (Å²) in [6.45, 7) is 5.68. The number of likely N-dealkylation sites (tertiary alicyclic amines) is 1. The third kappa shape index (κ3) is 5.93. The van der Waals surface area contributed by atoms with E-state index in [2.05, 4.69) is 58.2 Å². The van der Waals surface area contributed by atoms with Gasteiger partial charge in [-0.15, -0.1) is 24.0 Å². The zero-order valence-corrected chi connectivity index (χ0v) is 18.8. The molecule has 27 heavy (non-hydrogen) atoms. The molecule has 0 radical (unpaired) electrons. The normalized spacial score (nSPS) is 17.6. The predicted octanol–water partition coefficient (Wildman–Crippen LogP) is 3.19. The van der Waals surface area contributed by atoms with Gasteiger partial charge in [-0.05, 0) is 38.9 Å².